The number of hydrogen-bond acceptors (Lipinski definition) is 1. The van der Waals surface area contributed by atoms with Crippen molar-refractivity contribution in [2.75, 3.05) is 0 Å². The Hall–Kier alpha value is -0.370. The van der Waals surface area contributed by atoms with Crippen molar-refractivity contribution in [2.45, 2.75) is 26.8 Å². The highest BCUT2D eigenvalue weighted by molar-refractivity contribution is 5.83. The highest BCUT2D eigenvalue weighted by atomic mass is 16.1. The summed E-state index contributed by atoms with van der Waals surface area (Å²) in [6.45, 7) is 5.61. The number of hydrogen-bond donors (Lipinski definition) is 1. The molecule has 0 fully saturated rings. The molecule has 0 aromatic rings. The molecule has 0 aromatic carbocycles. The van der Waals surface area contributed by atoms with Gasteiger partial charge in [-0.15, -0.1) is 0 Å². The van der Waals surface area contributed by atoms with Gasteiger partial charge >= 0.3 is 0 Å². The minimum absolute atomic E-state index is 0.0463. The lowest BCUT2D eigenvalue weighted by atomic mass is 10.0. The van der Waals surface area contributed by atoms with Gasteiger partial charge in [-0.1, -0.05) is 13.8 Å². The third-order valence-corrected chi connectivity index (χ3v) is 1.05. The third-order valence-electron chi connectivity index (χ3n) is 1.05. The molecule has 8 heavy (non-hydrogen) atoms. The summed E-state index contributed by atoms with van der Waals surface area (Å²) in [5.41, 5.74) is 3.61. The van der Waals surface area contributed by atoms with Crippen LogP contribution in [0, 0.1) is 5.92 Å². The summed E-state index contributed by atoms with van der Waals surface area (Å²) in [5, 5.41) is 0. The van der Waals surface area contributed by atoms with Gasteiger partial charge in [0.1, 0.15) is 6.04 Å². The summed E-state index contributed by atoms with van der Waals surface area (Å²) < 4.78 is 0. The van der Waals surface area contributed by atoms with Crippen LogP contribution in [0.5, 0.6) is 0 Å². The molecular formula is C6H14NO+. The number of carbonyl (C=O) groups is 1. The predicted octanol–water partition coefficient (Wildman–Crippen LogP) is -0.158. The zero-order valence-corrected chi connectivity index (χ0v) is 5.77. The van der Waals surface area contributed by atoms with Crippen molar-refractivity contribution in [3.8, 4) is 0 Å². The molecule has 48 valence electrons. The fraction of sp³-hybridized carbons (Fsp3) is 0.833. The zero-order chi connectivity index (χ0) is 6.73. The maximum atomic E-state index is 10.8. The van der Waals surface area contributed by atoms with Gasteiger partial charge < -0.3 is 5.73 Å². The van der Waals surface area contributed by atoms with Crippen molar-refractivity contribution in [2.24, 2.45) is 5.92 Å². The third kappa shape index (κ3) is 2.07. The van der Waals surface area contributed by atoms with Gasteiger partial charge in [-0.25, -0.2) is 0 Å². The molecule has 0 bridgehead atoms. The second kappa shape index (κ2) is 2.82. The average molecular weight is 116 g/mol. The van der Waals surface area contributed by atoms with Crippen molar-refractivity contribution in [3.63, 3.8) is 0 Å². The highest BCUT2D eigenvalue weighted by Crippen LogP contribution is 1.94. The molecular weight excluding hydrogens is 102 g/mol. The quantitative estimate of drug-likeness (QED) is 0.535. The lowest BCUT2D eigenvalue weighted by Gasteiger charge is -2.02. The Morgan fingerprint density at radius 1 is 1.38 bits per heavy atom. The highest BCUT2D eigenvalue weighted by Gasteiger charge is 2.13. The number of ketones is 1. The molecule has 0 aliphatic carbocycles. The first kappa shape index (κ1) is 7.63. The smallest absolute Gasteiger partial charge is 0.191 e. The van der Waals surface area contributed by atoms with Crippen molar-refractivity contribution in [1.82, 2.24) is 0 Å². The topological polar surface area (TPSA) is 44.7 Å². The number of Topliss-reactive ketones (excluding diaryl/α,β-unsaturated/α-hetero) is 1. The van der Waals surface area contributed by atoms with Crippen LogP contribution in [0.15, 0.2) is 0 Å². The van der Waals surface area contributed by atoms with Crippen LogP contribution in [-0.2, 0) is 4.79 Å². The molecule has 1 unspecified atom stereocenters. The summed E-state index contributed by atoms with van der Waals surface area (Å²) >= 11 is 0. The molecule has 0 spiro atoms. The fourth-order valence-corrected chi connectivity index (χ4v) is 0.569. The Labute approximate surface area is 50.1 Å². The van der Waals surface area contributed by atoms with Crippen LogP contribution in [0.25, 0.3) is 0 Å². The summed E-state index contributed by atoms with van der Waals surface area (Å²) in [4.78, 5) is 10.8. The van der Waals surface area contributed by atoms with Crippen LogP contribution in [0.2, 0.25) is 0 Å². The molecule has 0 rings (SSSR count). The standard InChI is InChI=1S/C6H13NO/c1-4(2)6(8)5(3)7/h4-5H,7H2,1-3H3/p+1. The second-order valence-electron chi connectivity index (χ2n) is 2.46. The van der Waals surface area contributed by atoms with Gasteiger partial charge in [0.15, 0.2) is 5.78 Å². The van der Waals surface area contributed by atoms with E-state index in [1.165, 1.54) is 0 Å². The van der Waals surface area contributed by atoms with E-state index in [9.17, 15) is 4.79 Å². The van der Waals surface area contributed by atoms with Crippen molar-refractivity contribution < 1.29 is 10.5 Å². The molecule has 0 heterocycles. The van der Waals surface area contributed by atoms with E-state index in [0.717, 1.165) is 0 Å². The molecule has 0 aromatic heterocycles. The Morgan fingerprint density at radius 3 is 1.75 bits per heavy atom. The molecule has 0 aliphatic heterocycles. The minimum atomic E-state index is -0.0463. The van der Waals surface area contributed by atoms with Crippen LogP contribution in [-0.4, -0.2) is 11.8 Å². The lowest BCUT2D eigenvalue weighted by molar-refractivity contribution is -0.398. The van der Waals surface area contributed by atoms with Crippen LogP contribution in [0.1, 0.15) is 20.8 Å². The number of carbonyl (C=O) groups excluding carboxylic acids is 1. The van der Waals surface area contributed by atoms with E-state index >= 15 is 0 Å². The van der Waals surface area contributed by atoms with Crippen molar-refractivity contribution in [3.05, 3.63) is 0 Å². The van der Waals surface area contributed by atoms with E-state index in [1.54, 1.807) is 0 Å². The normalized spacial score (nSPS) is 14.1. The molecule has 0 saturated carbocycles. The van der Waals surface area contributed by atoms with Gasteiger partial charge in [0, 0.05) is 5.92 Å². The van der Waals surface area contributed by atoms with Gasteiger partial charge in [0.05, 0.1) is 0 Å². The maximum absolute atomic E-state index is 10.8. The summed E-state index contributed by atoms with van der Waals surface area (Å²) in [5.74, 6) is 0.382. The second-order valence-corrected chi connectivity index (χ2v) is 2.46. The van der Waals surface area contributed by atoms with E-state index in [4.69, 9.17) is 0 Å². The Kier molecular flexibility index (Phi) is 2.69. The SMILES string of the molecule is CC(C)C(=O)C(C)[NH3+]. The maximum Gasteiger partial charge on any atom is 0.191 e. The summed E-state index contributed by atoms with van der Waals surface area (Å²) in [6.07, 6.45) is 0. The molecule has 1 atom stereocenters. The van der Waals surface area contributed by atoms with E-state index < -0.39 is 0 Å². The van der Waals surface area contributed by atoms with Crippen molar-refractivity contribution in [1.29, 1.82) is 0 Å². The molecule has 2 heteroatoms. The average Bonchev–Trinajstić information content (AvgIpc) is 1.64. The van der Waals surface area contributed by atoms with Gasteiger partial charge in [-0.3, -0.25) is 4.79 Å². The van der Waals surface area contributed by atoms with Crippen LogP contribution < -0.4 is 5.73 Å². The summed E-state index contributed by atoms with van der Waals surface area (Å²) in [6, 6.07) is -0.0463. The van der Waals surface area contributed by atoms with Crippen LogP contribution in [0.4, 0.5) is 0 Å². The van der Waals surface area contributed by atoms with E-state index in [2.05, 4.69) is 5.73 Å². The largest absolute Gasteiger partial charge is 0.349 e. The number of quaternary nitrogens is 1. The number of rotatable bonds is 2. The fourth-order valence-electron chi connectivity index (χ4n) is 0.569. The van der Waals surface area contributed by atoms with E-state index in [-0.39, 0.29) is 17.7 Å². The first-order chi connectivity index (χ1) is 3.55. The zero-order valence-electron chi connectivity index (χ0n) is 5.77. The Morgan fingerprint density at radius 2 is 1.75 bits per heavy atom. The predicted molar refractivity (Wildman–Crippen MR) is 32.2 cm³/mol. The first-order valence-corrected chi connectivity index (χ1v) is 2.92. The molecule has 3 N–H and O–H groups in total. The van der Waals surface area contributed by atoms with Gasteiger partial charge in [-0.05, 0) is 6.92 Å². The van der Waals surface area contributed by atoms with Gasteiger partial charge in [0.25, 0.3) is 0 Å². The molecule has 0 amide bonds. The van der Waals surface area contributed by atoms with E-state index in [1.807, 2.05) is 20.8 Å². The Bertz CT molecular complexity index is 76.5. The van der Waals surface area contributed by atoms with Crippen molar-refractivity contribution >= 4 is 5.78 Å². The van der Waals surface area contributed by atoms with Gasteiger partial charge in [-0.2, -0.15) is 0 Å². The Balaban J connectivity index is 3.65. The molecule has 0 radical (unpaired) electrons. The van der Waals surface area contributed by atoms with Crippen LogP contribution in [0.3, 0.4) is 0 Å². The van der Waals surface area contributed by atoms with Gasteiger partial charge in [0.2, 0.25) is 0 Å². The molecule has 2 nitrogen and oxygen atoms in total. The monoisotopic (exact) mass is 116 g/mol. The van der Waals surface area contributed by atoms with Crippen LogP contribution >= 0.6 is 0 Å². The minimum Gasteiger partial charge on any atom is -0.349 e. The first-order valence-electron chi connectivity index (χ1n) is 2.92. The molecule has 0 saturated heterocycles. The van der Waals surface area contributed by atoms with E-state index in [0.29, 0.717) is 0 Å². The lowest BCUT2D eigenvalue weighted by Crippen LogP contribution is -2.63. The molecule has 0 aliphatic rings. The summed E-state index contributed by atoms with van der Waals surface area (Å²) in [7, 11) is 0.